The van der Waals surface area contributed by atoms with Gasteiger partial charge >= 0.3 is 20.8 Å². The van der Waals surface area contributed by atoms with E-state index in [-0.39, 0.29) is 6.61 Å². The normalized spacial score (nSPS) is 30.2. The van der Waals surface area contributed by atoms with Gasteiger partial charge in [-0.1, -0.05) is 30.3 Å². The zero-order valence-electron chi connectivity index (χ0n) is 13.4. The van der Waals surface area contributed by atoms with Crippen LogP contribution in [0.3, 0.4) is 0 Å². The lowest BCUT2D eigenvalue weighted by Gasteiger charge is -2.41. The van der Waals surface area contributed by atoms with Gasteiger partial charge in [0.1, 0.15) is 12.2 Å². The van der Waals surface area contributed by atoms with Crippen molar-refractivity contribution in [1.29, 1.82) is 0 Å². The van der Waals surface area contributed by atoms with Gasteiger partial charge in [-0.05, 0) is 12.5 Å². The summed E-state index contributed by atoms with van der Waals surface area (Å²) in [6.45, 7) is 1.36. The number of aliphatic hydroxyl groups is 1. The fraction of sp³-hybridized carbons (Fsp3) is 0.538. The molecule has 1 aliphatic heterocycles. The molecule has 5 atom stereocenters. The summed E-state index contributed by atoms with van der Waals surface area (Å²) in [4.78, 5) is 0. The van der Waals surface area contributed by atoms with Crippen LogP contribution in [0.25, 0.3) is 0 Å². The third-order valence-corrected chi connectivity index (χ3v) is 4.43. The largest absolute Gasteiger partial charge is 0.397 e. The molecule has 2 rings (SSSR count). The molecule has 0 radical (unpaired) electrons. The van der Waals surface area contributed by atoms with Gasteiger partial charge in [-0.25, -0.2) is 8.37 Å². The van der Waals surface area contributed by atoms with Crippen LogP contribution in [-0.4, -0.2) is 61.8 Å². The molecule has 148 valence electrons. The highest BCUT2D eigenvalue weighted by molar-refractivity contribution is 7.81. The fourth-order valence-corrected chi connectivity index (χ4v) is 3.47. The average Bonchev–Trinajstić information content (AvgIpc) is 2.49. The standard InChI is InChI=1S/C13H18O11S2/c1-8-10(21-7-9-5-3-2-4-6-9)11(23-25(15,16)17)12(13(14)22-8)24-26(18,19)20/h2-6,8,10-14H,7H2,1H3,(H,15,16,17)(H,18,19,20)/t8-,10-,11+,12+,13+/m0/s1. The van der Waals surface area contributed by atoms with Crippen LogP contribution in [0.2, 0.25) is 0 Å². The molecule has 1 saturated heterocycles. The zero-order valence-corrected chi connectivity index (χ0v) is 15.0. The number of hydrogen-bond acceptors (Lipinski definition) is 9. The van der Waals surface area contributed by atoms with Gasteiger partial charge in [0.2, 0.25) is 0 Å². The first-order valence-electron chi connectivity index (χ1n) is 7.27. The smallest absolute Gasteiger partial charge is 0.368 e. The monoisotopic (exact) mass is 414 g/mol. The van der Waals surface area contributed by atoms with E-state index in [0.29, 0.717) is 5.56 Å². The van der Waals surface area contributed by atoms with E-state index in [4.69, 9.17) is 18.6 Å². The van der Waals surface area contributed by atoms with Crippen LogP contribution in [0.5, 0.6) is 0 Å². The number of benzene rings is 1. The summed E-state index contributed by atoms with van der Waals surface area (Å²) in [6.07, 6.45) is -8.05. The van der Waals surface area contributed by atoms with E-state index in [0.717, 1.165) is 0 Å². The zero-order chi connectivity index (χ0) is 19.5. The first-order valence-corrected chi connectivity index (χ1v) is 10.00. The van der Waals surface area contributed by atoms with Gasteiger partial charge in [0.25, 0.3) is 0 Å². The summed E-state index contributed by atoms with van der Waals surface area (Å²) in [5.74, 6) is 0. The van der Waals surface area contributed by atoms with E-state index in [1.807, 2.05) is 0 Å². The van der Waals surface area contributed by atoms with Crippen molar-refractivity contribution >= 4 is 20.8 Å². The van der Waals surface area contributed by atoms with Crippen molar-refractivity contribution in [3.05, 3.63) is 35.9 Å². The summed E-state index contributed by atoms with van der Waals surface area (Å²) in [7, 11) is -10.2. The number of ether oxygens (including phenoxy) is 2. The van der Waals surface area contributed by atoms with Gasteiger partial charge in [0, 0.05) is 0 Å². The van der Waals surface area contributed by atoms with Crippen LogP contribution in [0.15, 0.2) is 30.3 Å². The Morgan fingerprint density at radius 2 is 1.50 bits per heavy atom. The third kappa shape index (κ3) is 6.22. The van der Waals surface area contributed by atoms with Crippen molar-refractivity contribution < 1.29 is 48.9 Å². The Labute approximate surface area is 150 Å². The Morgan fingerprint density at radius 3 is 2.04 bits per heavy atom. The minimum absolute atomic E-state index is 0.0424. The third-order valence-electron chi connectivity index (χ3n) is 3.50. The van der Waals surface area contributed by atoms with Crippen LogP contribution in [0.4, 0.5) is 0 Å². The van der Waals surface area contributed by atoms with Crippen molar-refractivity contribution in [2.45, 2.75) is 44.2 Å². The van der Waals surface area contributed by atoms with Gasteiger partial charge in [-0.2, -0.15) is 16.8 Å². The second-order valence-electron chi connectivity index (χ2n) is 5.47. The minimum Gasteiger partial charge on any atom is -0.368 e. The lowest BCUT2D eigenvalue weighted by atomic mass is 10.00. The Morgan fingerprint density at radius 1 is 0.962 bits per heavy atom. The Kier molecular flexibility index (Phi) is 6.70. The highest BCUT2D eigenvalue weighted by Gasteiger charge is 2.50. The van der Waals surface area contributed by atoms with Crippen molar-refractivity contribution in [2.75, 3.05) is 0 Å². The van der Waals surface area contributed by atoms with E-state index >= 15 is 0 Å². The highest BCUT2D eigenvalue weighted by atomic mass is 32.3. The van der Waals surface area contributed by atoms with Crippen LogP contribution >= 0.6 is 0 Å². The summed E-state index contributed by atoms with van der Waals surface area (Å²) in [5, 5.41) is 9.84. The molecule has 0 unspecified atom stereocenters. The first-order chi connectivity index (χ1) is 12.0. The molecule has 1 aromatic rings. The first kappa shape index (κ1) is 21.1. The molecule has 11 nitrogen and oxygen atoms in total. The number of hydrogen-bond donors (Lipinski definition) is 3. The topological polar surface area (TPSA) is 166 Å². The summed E-state index contributed by atoms with van der Waals surface area (Å²) < 4.78 is 81.3. The molecule has 1 aromatic carbocycles. The molecular weight excluding hydrogens is 396 g/mol. The minimum atomic E-state index is -5.11. The number of rotatable bonds is 7. The van der Waals surface area contributed by atoms with Gasteiger partial charge < -0.3 is 14.6 Å². The van der Waals surface area contributed by atoms with E-state index < -0.39 is 51.5 Å². The SMILES string of the molecule is C[C@@H]1O[C@@H](O)[C@H](OS(=O)(=O)O)[C@H](OS(=O)(=O)O)[C@H]1OCc1ccccc1. The molecule has 0 aromatic heterocycles. The lowest BCUT2D eigenvalue weighted by molar-refractivity contribution is -0.276. The van der Waals surface area contributed by atoms with Crippen LogP contribution in [-0.2, 0) is 45.2 Å². The van der Waals surface area contributed by atoms with E-state index in [1.54, 1.807) is 30.3 Å². The Bertz CT molecular complexity index is 793. The molecule has 26 heavy (non-hydrogen) atoms. The molecule has 0 bridgehead atoms. The van der Waals surface area contributed by atoms with Gasteiger partial charge in [0.15, 0.2) is 12.4 Å². The van der Waals surface area contributed by atoms with Gasteiger partial charge in [-0.15, -0.1) is 0 Å². The molecule has 1 fully saturated rings. The molecule has 0 spiro atoms. The molecule has 1 aliphatic rings. The van der Waals surface area contributed by atoms with E-state index in [1.165, 1.54) is 6.92 Å². The van der Waals surface area contributed by atoms with Gasteiger partial charge in [-0.3, -0.25) is 9.11 Å². The van der Waals surface area contributed by atoms with Crippen molar-refractivity contribution in [2.24, 2.45) is 0 Å². The van der Waals surface area contributed by atoms with Crippen molar-refractivity contribution in [3.8, 4) is 0 Å². The Balaban J connectivity index is 2.28. The van der Waals surface area contributed by atoms with Crippen LogP contribution in [0.1, 0.15) is 12.5 Å². The molecule has 0 saturated carbocycles. The maximum Gasteiger partial charge on any atom is 0.397 e. The predicted octanol–water partition coefficient (Wildman–Crippen LogP) is -0.315. The quantitative estimate of drug-likeness (QED) is 0.501. The Hall–Kier alpha value is -1.16. The summed E-state index contributed by atoms with van der Waals surface area (Å²) in [5.41, 5.74) is 0.698. The molecule has 0 aliphatic carbocycles. The average molecular weight is 414 g/mol. The van der Waals surface area contributed by atoms with E-state index in [2.05, 4.69) is 8.37 Å². The highest BCUT2D eigenvalue weighted by Crippen LogP contribution is 2.29. The molecule has 13 heteroatoms. The summed E-state index contributed by atoms with van der Waals surface area (Å²) in [6, 6.07) is 8.67. The second-order valence-corrected chi connectivity index (χ2v) is 7.57. The van der Waals surface area contributed by atoms with Crippen LogP contribution in [0, 0.1) is 0 Å². The maximum absolute atomic E-state index is 11.1. The second kappa shape index (κ2) is 8.24. The lowest BCUT2D eigenvalue weighted by Crippen LogP contribution is -2.60. The fourth-order valence-electron chi connectivity index (χ4n) is 2.48. The molecule has 1 heterocycles. The molecular formula is C13H18O11S2. The van der Waals surface area contributed by atoms with Gasteiger partial charge in [0.05, 0.1) is 12.7 Å². The van der Waals surface area contributed by atoms with Crippen LogP contribution < -0.4 is 0 Å². The van der Waals surface area contributed by atoms with Crippen molar-refractivity contribution in [1.82, 2.24) is 0 Å². The van der Waals surface area contributed by atoms with E-state index in [9.17, 15) is 21.9 Å². The summed E-state index contributed by atoms with van der Waals surface area (Å²) >= 11 is 0. The molecule has 3 N–H and O–H groups in total. The molecule has 0 amide bonds. The van der Waals surface area contributed by atoms with Crippen molar-refractivity contribution in [3.63, 3.8) is 0 Å². The maximum atomic E-state index is 11.1. The number of aliphatic hydroxyl groups excluding tert-OH is 1. The predicted molar refractivity (Wildman–Crippen MR) is 84.4 cm³/mol.